The number of aliphatic hydroxyl groups is 2. The number of ether oxygens (including phenoxy) is 4. The number of methoxy groups -OCH3 is 1. The number of carbonyl (C=O) groups is 4. The molecule has 0 aromatic heterocycles. The predicted octanol–water partition coefficient (Wildman–Crippen LogP) is 13.6. The fraction of sp³-hybridized carbons (Fsp3) is 0.151. The van der Waals surface area contributed by atoms with Crippen molar-refractivity contribution in [1.29, 1.82) is 16.2 Å². The van der Waals surface area contributed by atoms with E-state index in [0.717, 1.165) is 109 Å². The largest absolute Gasteiger partial charge is 1.00 e. The number of benzene rings is 12. The SMILES string of the molecule is C1CCOC1.CO.COC(=O)c1ccccc1-c1c2ccc(=N)cc-2oc2cc(N)ccc12.ClCCl.N=c1ccc2c(-c3ccccc3C(=O)O)c3ccc(N)cc3oc-2c1.N=c1ccc2c(-c3ccccc3CO)c3ccc(N)cc3oc-2c1.Nc1ccc2c(c1)Oc1cc(NC(=O)CC[C@H](N)C(=O)O)ccc1C21OCc2ccccc21.O=S(=O)(O)O.[2H]CF.[Al].[H-].[Li+]. The van der Waals surface area contributed by atoms with E-state index >= 15 is 0 Å². The van der Waals surface area contributed by atoms with Gasteiger partial charge in [0.05, 0.1) is 61.4 Å². The van der Waals surface area contributed by atoms with Crippen molar-refractivity contribution < 1.29 is 115 Å². The maximum atomic E-state index is 12.3. The number of anilines is 5. The van der Waals surface area contributed by atoms with Crippen LogP contribution in [0.4, 0.5) is 32.8 Å². The van der Waals surface area contributed by atoms with Gasteiger partial charge < -0.3 is 104 Å². The van der Waals surface area contributed by atoms with E-state index in [1.165, 1.54) is 20.0 Å². The Morgan fingerprint density at radius 1 is 0.567 bits per heavy atom. The molecule has 1 saturated heterocycles. The van der Waals surface area contributed by atoms with Crippen LogP contribution in [0.3, 0.4) is 0 Å². The minimum atomic E-state index is -4.67. The Morgan fingerprint density at radius 2 is 0.969 bits per heavy atom. The van der Waals surface area contributed by atoms with Crippen LogP contribution < -0.4 is 73.7 Å². The van der Waals surface area contributed by atoms with Gasteiger partial charge in [-0.15, -0.1) is 23.2 Å². The average molecular weight is 1790 g/mol. The van der Waals surface area contributed by atoms with Crippen molar-refractivity contribution in [3.63, 3.8) is 0 Å². The topological polar surface area (TPSA) is 514 Å². The van der Waals surface area contributed by atoms with Gasteiger partial charge in [0.25, 0.3) is 0 Å². The number of nitrogen functional groups attached to an aromatic ring is 4. The summed E-state index contributed by atoms with van der Waals surface area (Å²) in [5.74, 6) is -0.0239. The summed E-state index contributed by atoms with van der Waals surface area (Å²) in [6.45, 7) is 2.42. The predicted molar refractivity (Wildman–Crippen MR) is 485 cm³/mol. The Balaban J connectivity index is 0.000000220. The minimum absolute atomic E-state index is 0. The van der Waals surface area contributed by atoms with E-state index in [4.69, 9.17) is 129 Å². The number of halogens is 3. The molecule has 9 aromatic carbocycles. The van der Waals surface area contributed by atoms with Gasteiger partial charge in [0, 0.05) is 182 Å². The number of aromatic carboxylic acids is 1. The molecule has 34 heteroatoms. The average Bonchev–Trinajstić information content (AvgIpc) is 1.60. The number of hydrogen-bond donors (Lipinski definition) is 15. The standard InChI is InChI=1S/C25H23N3O5.C21H16N2O3.C20H14N2O3.C20H16N2O2.C4H8O.CH2Cl2.CH3F.CH4O.Al.Li.H2O4S.H/c26-15-5-7-18-21(11-15)33-22-12-16(28-23(29)10-9-20(27)24(30)31)6-8-19(22)25(18)17-4-2-1-3-14(17)13-32-25;1-25-21(24)15-5-3-2-4-14(15)20-16-8-6-12(22)10-18(16)26-19-11-13(23)7-9-17(19)20;21-11-5-7-15-17(9-11)25-18-10-12(22)6-8-16(18)19(15)13-3-1-2-4-14(13)20(23)24;21-13-5-7-16-18(9-13)24-19-10-14(22)6-8-17(19)20(16)15-4-2-1-3-12(15)11-23;1-2-4-5-3-1;2-1-3;2*1-2;;;1-5(2,3)4;/h1-8,11-12,20H,9-10,13,26-27H2,(H,28,29)(H,30,31);2-11,22H,23H2,1H3;1-10,21H,22H2,(H,23,24);1-10,21,23H,11,22H2;1-4H2;1H2;1H3;2H,1H3;;;(H2,1,2,3,4);/q;;;;;;;;;+1;;-1/t20-,25?;;;;;;;;;;;/m0.........../s1/i;;;;;;1D;;;;;. The van der Waals surface area contributed by atoms with E-state index in [-0.39, 0.29) is 73.9 Å². The first-order valence-corrected chi connectivity index (χ1v) is 40.5. The number of carbonyl (C=O) groups excluding carboxylic acids is 2. The molecule has 20 N–H and O–H groups in total. The molecule has 6 aliphatic heterocycles. The van der Waals surface area contributed by atoms with E-state index in [1.807, 2.05) is 109 Å². The van der Waals surface area contributed by atoms with Gasteiger partial charge in [-0.25, -0.2) is 9.59 Å². The molecule has 18 rings (SSSR count). The molecule has 1 spiro atoms. The Morgan fingerprint density at radius 3 is 1.42 bits per heavy atom. The van der Waals surface area contributed by atoms with E-state index in [1.54, 1.807) is 127 Å². The van der Waals surface area contributed by atoms with E-state index < -0.39 is 47.1 Å². The molecule has 28 nitrogen and oxygen atoms in total. The van der Waals surface area contributed by atoms with Crippen molar-refractivity contribution in [1.82, 2.24) is 0 Å². The number of aliphatic hydroxyl groups excluding tert-OH is 2. The van der Waals surface area contributed by atoms with E-state index in [9.17, 15) is 33.8 Å². The molecule has 3 aliphatic carbocycles. The number of carboxylic acid groups (broad SMARTS) is 2. The molecular formula is C93H89AlCl2FLiN9O19S. The van der Waals surface area contributed by atoms with Gasteiger partial charge >= 0.3 is 47.2 Å². The second-order valence-corrected chi connectivity index (χ2v) is 29.3. The van der Waals surface area contributed by atoms with Crippen molar-refractivity contribution in [3.05, 3.63) is 298 Å². The van der Waals surface area contributed by atoms with Crippen molar-refractivity contribution in [3.8, 4) is 78.9 Å². The van der Waals surface area contributed by atoms with Crippen LogP contribution in [-0.4, -0.2) is 125 Å². The van der Waals surface area contributed by atoms with Gasteiger partial charge in [0.2, 0.25) is 5.91 Å². The molecule has 651 valence electrons. The molecule has 9 aliphatic rings. The summed E-state index contributed by atoms with van der Waals surface area (Å²) in [5, 5.41) is 65.4. The zero-order chi connectivity index (χ0) is 91.1. The molecule has 1 fully saturated rings. The Labute approximate surface area is 763 Å². The third-order valence-electron chi connectivity index (χ3n) is 19.6. The van der Waals surface area contributed by atoms with Crippen LogP contribution in [0.15, 0.2) is 256 Å². The Kier molecular flexibility index (Phi) is 35.5. The fourth-order valence-corrected chi connectivity index (χ4v) is 14.4. The number of amides is 1. The maximum Gasteiger partial charge on any atom is 1.00 e. The summed E-state index contributed by atoms with van der Waals surface area (Å²) in [7, 11) is -3.30. The maximum absolute atomic E-state index is 12.3. The quantitative estimate of drug-likeness (QED) is 0.0143. The normalized spacial score (nSPS) is 13.1. The van der Waals surface area contributed by atoms with Crippen LogP contribution in [0.1, 0.15) is 77.0 Å². The first kappa shape index (κ1) is 98.0. The monoisotopic (exact) mass is 1790 g/mol. The molecule has 0 saturated carbocycles. The van der Waals surface area contributed by atoms with Gasteiger partial charge in [0.15, 0.2) is 5.60 Å². The Bertz CT molecular complexity index is 6660. The summed E-state index contributed by atoms with van der Waals surface area (Å²) in [4.78, 5) is 47.2. The van der Waals surface area contributed by atoms with Crippen LogP contribution >= 0.6 is 23.2 Å². The van der Waals surface area contributed by atoms with Crippen molar-refractivity contribution >= 4 is 136 Å². The zero-order valence-electron chi connectivity index (χ0n) is 70.7. The first-order chi connectivity index (χ1) is 60.5. The third kappa shape index (κ3) is 24.1. The third-order valence-corrected chi connectivity index (χ3v) is 19.6. The number of hydrogen-bond acceptors (Lipinski definition) is 23. The van der Waals surface area contributed by atoms with Gasteiger partial charge in [-0.1, -0.05) is 84.9 Å². The molecule has 6 heterocycles. The number of rotatable bonds is 11. The summed E-state index contributed by atoms with van der Waals surface area (Å²) >= 11 is 9.53. The second-order valence-electron chi connectivity index (χ2n) is 27.6. The van der Waals surface area contributed by atoms with Gasteiger partial charge in [-0.2, -0.15) is 8.42 Å². The number of carboxylic acids is 2. The zero-order valence-corrected chi connectivity index (χ0v) is 72.2. The molecule has 3 radical (unpaired) electrons. The molecule has 0 bridgehead atoms. The van der Waals surface area contributed by atoms with Gasteiger partial charge in [0.1, 0.15) is 51.6 Å². The van der Waals surface area contributed by atoms with Crippen LogP contribution in [0, 0.1) is 16.2 Å². The second kappa shape index (κ2) is 45.9. The molecular weight excluding hydrogens is 1700 g/mol. The summed E-state index contributed by atoms with van der Waals surface area (Å²) in [6, 6.07) is 71.7. The summed E-state index contributed by atoms with van der Waals surface area (Å²) in [6.07, 6.45) is 2.59. The fourth-order valence-electron chi connectivity index (χ4n) is 14.4. The van der Waals surface area contributed by atoms with Crippen molar-refractivity contribution in [2.45, 2.75) is 50.5 Å². The van der Waals surface area contributed by atoms with Gasteiger partial charge in [-0.3, -0.25) is 23.1 Å². The van der Waals surface area contributed by atoms with Crippen LogP contribution in [0.2, 0.25) is 0 Å². The summed E-state index contributed by atoms with van der Waals surface area (Å²) < 4.78 is 87.5. The molecule has 1 amide bonds. The van der Waals surface area contributed by atoms with E-state index in [0.29, 0.717) is 108 Å². The number of esters is 1. The first-order valence-electron chi connectivity index (χ1n) is 38.8. The van der Waals surface area contributed by atoms with Crippen LogP contribution in [0.25, 0.3) is 100 Å². The van der Waals surface area contributed by atoms with Gasteiger partial charge in [-0.05, 0) is 162 Å². The molecule has 2 atom stereocenters. The number of nitrogens with one attached hydrogen (secondary N) is 4. The molecule has 127 heavy (non-hydrogen) atoms. The van der Waals surface area contributed by atoms with Crippen molar-refractivity contribution in [2.75, 3.05) is 68.2 Å². The number of fused-ring (bicyclic) bond motifs is 12. The smallest absolute Gasteiger partial charge is 1.00 e. The van der Waals surface area contributed by atoms with E-state index in [2.05, 4.69) is 11.4 Å². The molecule has 1 unspecified atom stereocenters. The van der Waals surface area contributed by atoms with Crippen LogP contribution in [-0.2, 0) is 53.0 Å². The van der Waals surface area contributed by atoms with Crippen molar-refractivity contribution in [2.24, 2.45) is 5.73 Å². The van der Waals surface area contributed by atoms with Crippen LogP contribution in [0.5, 0.6) is 11.5 Å². The minimum Gasteiger partial charge on any atom is -1.00 e. The molecule has 9 aromatic rings. The number of alkyl halides is 3. The number of nitrogens with two attached hydrogens (primary N) is 5. The number of aliphatic carboxylic acids is 1. The summed E-state index contributed by atoms with van der Waals surface area (Å²) in [5.41, 5.74) is 45.7. The Hall–Kier alpha value is -12.8.